The van der Waals surface area contributed by atoms with Gasteiger partial charge in [-0.3, -0.25) is 14.4 Å². The number of aromatic nitrogens is 1. The van der Waals surface area contributed by atoms with E-state index in [2.05, 4.69) is 10.3 Å². The molecule has 20 heavy (non-hydrogen) atoms. The quantitative estimate of drug-likeness (QED) is 0.598. The highest BCUT2D eigenvalue weighted by Gasteiger charge is 2.19. The second-order valence-electron chi connectivity index (χ2n) is 4.95. The van der Waals surface area contributed by atoms with Gasteiger partial charge in [-0.05, 0) is 25.3 Å². The highest BCUT2D eigenvalue weighted by atomic mass is 16.2. The number of hydrogen-bond donors (Lipinski definition) is 2. The molecular weight excluding hydrogens is 258 g/mol. The lowest BCUT2D eigenvalue weighted by atomic mass is 10.1. The summed E-state index contributed by atoms with van der Waals surface area (Å²) >= 11 is 0. The van der Waals surface area contributed by atoms with Crippen LogP contribution >= 0.6 is 0 Å². The van der Waals surface area contributed by atoms with E-state index in [0.717, 1.165) is 19.4 Å². The standard InChI is InChI=1S/C14H19N3O3/c1-10-11(8-16-12(10)9-18)14(20)15-5-3-7-17-6-2-4-13(17)19/h8-9,16H,2-7H2,1H3,(H,15,20). The zero-order valence-corrected chi connectivity index (χ0v) is 11.6. The third-order valence-corrected chi connectivity index (χ3v) is 3.60. The van der Waals surface area contributed by atoms with Gasteiger partial charge in [0.1, 0.15) is 0 Å². The summed E-state index contributed by atoms with van der Waals surface area (Å²) in [7, 11) is 0. The van der Waals surface area contributed by atoms with Crippen LogP contribution in [0.5, 0.6) is 0 Å². The Labute approximate surface area is 117 Å². The smallest absolute Gasteiger partial charge is 0.253 e. The molecule has 0 spiro atoms. The first kappa shape index (κ1) is 14.3. The van der Waals surface area contributed by atoms with Crippen LogP contribution in [0.4, 0.5) is 0 Å². The number of nitrogens with one attached hydrogen (secondary N) is 2. The van der Waals surface area contributed by atoms with Gasteiger partial charge in [0.05, 0.1) is 11.3 Å². The Morgan fingerprint density at radius 1 is 1.55 bits per heavy atom. The molecule has 1 aliphatic rings. The van der Waals surface area contributed by atoms with E-state index in [9.17, 15) is 14.4 Å². The maximum Gasteiger partial charge on any atom is 0.253 e. The summed E-state index contributed by atoms with van der Waals surface area (Å²) in [5.74, 6) is 0.00743. The molecule has 6 heteroatoms. The van der Waals surface area contributed by atoms with Crippen LogP contribution in [-0.2, 0) is 4.79 Å². The molecule has 0 unspecified atom stereocenters. The minimum atomic E-state index is -0.195. The van der Waals surface area contributed by atoms with Crippen LogP contribution in [0.15, 0.2) is 6.20 Å². The van der Waals surface area contributed by atoms with Crippen molar-refractivity contribution in [2.45, 2.75) is 26.2 Å². The van der Waals surface area contributed by atoms with E-state index in [0.29, 0.717) is 42.6 Å². The van der Waals surface area contributed by atoms with Crippen molar-refractivity contribution in [1.29, 1.82) is 0 Å². The van der Waals surface area contributed by atoms with Gasteiger partial charge in [-0.25, -0.2) is 0 Å². The Morgan fingerprint density at radius 3 is 2.95 bits per heavy atom. The summed E-state index contributed by atoms with van der Waals surface area (Å²) < 4.78 is 0. The van der Waals surface area contributed by atoms with Crippen molar-refractivity contribution in [1.82, 2.24) is 15.2 Å². The van der Waals surface area contributed by atoms with Crippen molar-refractivity contribution in [2.75, 3.05) is 19.6 Å². The highest BCUT2D eigenvalue weighted by Crippen LogP contribution is 2.11. The van der Waals surface area contributed by atoms with E-state index in [-0.39, 0.29) is 11.8 Å². The Morgan fingerprint density at radius 2 is 2.35 bits per heavy atom. The lowest BCUT2D eigenvalue weighted by Crippen LogP contribution is -2.30. The topological polar surface area (TPSA) is 82.3 Å². The van der Waals surface area contributed by atoms with Gasteiger partial charge in [-0.15, -0.1) is 0 Å². The Bertz CT molecular complexity index is 522. The maximum absolute atomic E-state index is 11.9. The fraction of sp³-hybridized carbons (Fsp3) is 0.500. The Kier molecular flexibility index (Phi) is 4.55. The fourth-order valence-electron chi connectivity index (χ4n) is 2.38. The third kappa shape index (κ3) is 3.07. The monoisotopic (exact) mass is 277 g/mol. The van der Waals surface area contributed by atoms with Gasteiger partial charge in [0.2, 0.25) is 5.91 Å². The number of likely N-dealkylation sites (tertiary alicyclic amines) is 1. The van der Waals surface area contributed by atoms with E-state index in [1.807, 2.05) is 4.90 Å². The zero-order valence-electron chi connectivity index (χ0n) is 11.6. The van der Waals surface area contributed by atoms with Crippen LogP contribution in [-0.4, -0.2) is 47.6 Å². The summed E-state index contributed by atoms with van der Waals surface area (Å²) in [5.41, 5.74) is 1.58. The predicted octanol–water partition coefficient (Wildman–Crippen LogP) is 0.878. The zero-order chi connectivity index (χ0) is 14.5. The van der Waals surface area contributed by atoms with E-state index in [4.69, 9.17) is 0 Å². The molecule has 2 N–H and O–H groups in total. The van der Waals surface area contributed by atoms with E-state index < -0.39 is 0 Å². The van der Waals surface area contributed by atoms with Crippen molar-refractivity contribution in [3.05, 3.63) is 23.0 Å². The molecule has 1 aromatic rings. The molecule has 0 atom stereocenters. The van der Waals surface area contributed by atoms with Gasteiger partial charge in [0, 0.05) is 32.3 Å². The number of H-pyrrole nitrogens is 1. The normalized spacial score (nSPS) is 14.7. The summed E-state index contributed by atoms with van der Waals surface area (Å²) in [4.78, 5) is 38.6. The van der Waals surface area contributed by atoms with Crippen molar-refractivity contribution < 1.29 is 14.4 Å². The largest absolute Gasteiger partial charge is 0.358 e. The van der Waals surface area contributed by atoms with Crippen molar-refractivity contribution >= 4 is 18.1 Å². The summed E-state index contributed by atoms with van der Waals surface area (Å²) in [6, 6.07) is 0. The molecule has 2 rings (SSSR count). The van der Waals surface area contributed by atoms with Gasteiger partial charge in [0.25, 0.3) is 5.91 Å². The van der Waals surface area contributed by atoms with Gasteiger partial charge < -0.3 is 15.2 Å². The van der Waals surface area contributed by atoms with Gasteiger partial charge >= 0.3 is 0 Å². The number of aromatic amines is 1. The van der Waals surface area contributed by atoms with E-state index >= 15 is 0 Å². The molecular formula is C14H19N3O3. The van der Waals surface area contributed by atoms with Crippen molar-refractivity contribution in [2.24, 2.45) is 0 Å². The molecule has 0 radical (unpaired) electrons. The van der Waals surface area contributed by atoms with Gasteiger partial charge in [-0.2, -0.15) is 0 Å². The highest BCUT2D eigenvalue weighted by molar-refractivity contribution is 5.97. The molecule has 0 saturated carbocycles. The number of rotatable bonds is 6. The average molecular weight is 277 g/mol. The first-order valence-electron chi connectivity index (χ1n) is 6.82. The minimum absolute atomic E-state index is 0.195. The average Bonchev–Trinajstić information content (AvgIpc) is 3.00. The predicted molar refractivity (Wildman–Crippen MR) is 73.7 cm³/mol. The maximum atomic E-state index is 11.9. The molecule has 0 aromatic carbocycles. The van der Waals surface area contributed by atoms with Crippen LogP contribution in [0.25, 0.3) is 0 Å². The number of amides is 2. The molecule has 2 heterocycles. The Balaban J connectivity index is 1.76. The number of nitrogens with zero attached hydrogens (tertiary/aromatic N) is 1. The first-order chi connectivity index (χ1) is 9.63. The lowest BCUT2D eigenvalue weighted by Gasteiger charge is -2.15. The molecule has 0 aliphatic carbocycles. The van der Waals surface area contributed by atoms with Crippen LogP contribution < -0.4 is 5.32 Å². The lowest BCUT2D eigenvalue weighted by molar-refractivity contribution is -0.127. The van der Waals surface area contributed by atoms with Crippen molar-refractivity contribution in [3.8, 4) is 0 Å². The molecule has 1 fully saturated rings. The van der Waals surface area contributed by atoms with Gasteiger partial charge in [-0.1, -0.05) is 0 Å². The van der Waals surface area contributed by atoms with Crippen molar-refractivity contribution in [3.63, 3.8) is 0 Å². The van der Waals surface area contributed by atoms with Crippen LogP contribution in [0, 0.1) is 6.92 Å². The number of aldehydes is 1. The summed E-state index contributed by atoms with van der Waals surface area (Å²) in [5, 5.41) is 2.80. The minimum Gasteiger partial charge on any atom is -0.358 e. The fourth-order valence-corrected chi connectivity index (χ4v) is 2.38. The molecule has 1 aliphatic heterocycles. The number of carbonyl (C=O) groups is 3. The van der Waals surface area contributed by atoms with E-state index in [1.54, 1.807) is 13.1 Å². The number of carbonyl (C=O) groups excluding carboxylic acids is 3. The molecule has 108 valence electrons. The third-order valence-electron chi connectivity index (χ3n) is 3.60. The molecule has 6 nitrogen and oxygen atoms in total. The molecule has 2 amide bonds. The second kappa shape index (κ2) is 6.36. The van der Waals surface area contributed by atoms with Crippen LogP contribution in [0.1, 0.15) is 45.7 Å². The molecule has 1 saturated heterocycles. The van der Waals surface area contributed by atoms with Crippen LogP contribution in [0.2, 0.25) is 0 Å². The molecule has 1 aromatic heterocycles. The summed E-state index contributed by atoms with van der Waals surface area (Å²) in [6.07, 6.45) is 4.55. The number of hydrogen-bond acceptors (Lipinski definition) is 3. The van der Waals surface area contributed by atoms with Gasteiger partial charge in [0.15, 0.2) is 6.29 Å². The Hall–Kier alpha value is -2.11. The molecule has 0 bridgehead atoms. The SMILES string of the molecule is Cc1c(C(=O)NCCCN2CCCC2=O)c[nH]c1C=O. The van der Waals surface area contributed by atoms with E-state index in [1.165, 1.54) is 0 Å². The second-order valence-corrected chi connectivity index (χ2v) is 4.95. The van der Waals surface area contributed by atoms with Crippen LogP contribution in [0.3, 0.4) is 0 Å². The summed E-state index contributed by atoms with van der Waals surface area (Å²) in [6.45, 7) is 3.76. The first-order valence-corrected chi connectivity index (χ1v) is 6.82.